The van der Waals surface area contributed by atoms with Crippen molar-refractivity contribution >= 4 is 40.2 Å². The molecule has 164 valence electrons. The molecule has 0 fully saturated rings. The molecule has 1 N–H and O–H groups in total. The third-order valence-electron chi connectivity index (χ3n) is 5.58. The molecule has 0 atom stereocenters. The summed E-state index contributed by atoms with van der Waals surface area (Å²) < 4.78 is 0. The van der Waals surface area contributed by atoms with Crippen LogP contribution in [-0.4, -0.2) is 46.9 Å². The van der Waals surface area contributed by atoms with Crippen molar-refractivity contribution in [3.8, 4) is 0 Å². The summed E-state index contributed by atoms with van der Waals surface area (Å²) in [5.74, 6) is 0.781. The van der Waals surface area contributed by atoms with Gasteiger partial charge in [-0.15, -0.1) is 0 Å². The van der Waals surface area contributed by atoms with Gasteiger partial charge in [0, 0.05) is 49.3 Å². The first-order valence-electron chi connectivity index (χ1n) is 10.7. The molecule has 33 heavy (non-hydrogen) atoms. The van der Waals surface area contributed by atoms with Gasteiger partial charge >= 0.3 is 0 Å². The number of nitrogens with one attached hydrogen (secondary N) is 1. The Labute approximate surface area is 190 Å². The average molecular weight is 438 g/mol. The van der Waals surface area contributed by atoms with Crippen LogP contribution in [0.25, 0.3) is 11.0 Å². The van der Waals surface area contributed by atoms with E-state index in [9.17, 15) is 9.59 Å². The molecule has 8 nitrogen and oxygen atoms in total. The number of amides is 2. The lowest BCUT2D eigenvalue weighted by atomic mass is 10.1. The van der Waals surface area contributed by atoms with Crippen LogP contribution in [0.15, 0.2) is 73.1 Å². The quantitative estimate of drug-likeness (QED) is 0.524. The van der Waals surface area contributed by atoms with Crippen LogP contribution in [0.1, 0.15) is 27.1 Å². The number of pyridine rings is 1. The number of hydrogen-bond donors (Lipinski definition) is 1. The highest BCUT2D eigenvalue weighted by Crippen LogP contribution is 2.31. The summed E-state index contributed by atoms with van der Waals surface area (Å²) >= 11 is 0. The Hall–Kier alpha value is -4.33. The first kappa shape index (κ1) is 20.6. The van der Waals surface area contributed by atoms with Gasteiger partial charge in [-0.2, -0.15) is 0 Å². The fourth-order valence-electron chi connectivity index (χ4n) is 3.89. The number of aromatic nitrogens is 3. The van der Waals surface area contributed by atoms with Crippen LogP contribution in [0.3, 0.4) is 0 Å². The van der Waals surface area contributed by atoms with Crippen LogP contribution in [0, 0.1) is 0 Å². The maximum atomic E-state index is 13.6. The number of fused-ring (bicyclic) bond motifs is 2. The fourth-order valence-corrected chi connectivity index (χ4v) is 3.89. The normalized spacial score (nSPS) is 13.4. The van der Waals surface area contributed by atoms with E-state index in [1.165, 1.54) is 0 Å². The van der Waals surface area contributed by atoms with Gasteiger partial charge in [-0.05, 0) is 48.9 Å². The molecule has 0 saturated carbocycles. The van der Waals surface area contributed by atoms with E-state index in [1.807, 2.05) is 36.2 Å². The predicted molar refractivity (Wildman–Crippen MR) is 128 cm³/mol. The first-order valence-corrected chi connectivity index (χ1v) is 10.7. The zero-order chi connectivity index (χ0) is 22.8. The Morgan fingerprint density at radius 1 is 0.848 bits per heavy atom. The minimum atomic E-state index is -0.263. The van der Waals surface area contributed by atoms with Gasteiger partial charge in [-0.25, -0.2) is 9.97 Å². The molecule has 5 rings (SSSR count). The van der Waals surface area contributed by atoms with E-state index in [0.717, 1.165) is 24.0 Å². The monoisotopic (exact) mass is 438 g/mol. The number of carbonyl (C=O) groups excluding carboxylic acids is 2. The Morgan fingerprint density at radius 2 is 1.58 bits per heavy atom. The topological polar surface area (TPSA) is 91.3 Å². The van der Waals surface area contributed by atoms with Crippen molar-refractivity contribution < 1.29 is 9.59 Å². The van der Waals surface area contributed by atoms with Crippen molar-refractivity contribution in [2.75, 3.05) is 35.3 Å². The van der Waals surface area contributed by atoms with Gasteiger partial charge in [0.05, 0.1) is 11.0 Å². The summed E-state index contributed by atoms with van der Waals surface area (Å²) in [5.41, 5.74) is 3.03. The molecule has 2 aromatic carbocycles. The van der Waals surface area contributed by atoms with Crippen LogP contribution in [-0.2, 0) is 0 Å². The van der Waals surface area contributed by atoms with Crippen LogP contribution in [0.5, 0.6) is 0 Å². The number of rotatable bonds is 3. The van der Waals surface area contributed by atoms with Gasteiger partial charge in [-0.1, -0.05) is 18.2 Å². The van der Waals surface area contributed by atoms with Crippen molar-refractivity contribution in [3.05, 3.63) is 84.2 Å². The summed E-state index contributed by atoms with van der Waals surface area (Å²) in [5, 5.41) is 2.85. The summed E-state index contributed by atoms with van der Waals surface area (Å²) in [6.45, 7) is 1.29. The van der Waals surface area contributed by atoms with Crippen LogP contribution in [0.2, 0.25) is 0 Å². The number of hydrogen-bond acceptors (Lipinski definition) is 6. The molecular weight excluding hydrogens is 416 g/mol. The first-order chi connectivity index (χ1) is 16.1. The molecule has 1 aliphatic heterocycles. The van der Waals surface area contributed by atoms with E-state index in [0.29, 0.717) is 35.0 Å². The van der Waals surface area contributed by atoms with Crippen LogP contribution >= 0.6 is 0 Å². The molecule has 0 spiro atoms. The molecule has 0 unspecified atom stereocenters. The average Bonchev–Trinajstić information content (AvgIpc) is 3.01. The number of benzene rings is 2. The molecule has 0 saturated heterocycles. The maximum Gasteiger partial charge on any atom is 0.259 e. The molecule has 3 heterocycles. The van der Waals surface area contributed by atoms with Crippen LogP contribution in [0.4, 0.5) is 17.3 Å². The highest BCUT2D eigenvalue weighted by molar-refractivity contribution is 6.09. The Morgan fingerprint density at radius 3 is 2.33 bits per heavy atom. The summed E-state index contributed by atoms with van der Waals surface area (Å²) in [6.07, 6.45) is 3.91. The van der Waals surface area contributed by atoms with Gasteiger partial charge in [0.25, 0.3) is 11.8 Å². The van der Waals surface area contributed by atoms with E-state index < -0.39 is 0 Å². The molecule has 1 aliphatic rings. The third-order valence-corrected chi connectivity index (χ3v) is 5.58. The summed E-state index contributed by atoms with van der Waals surface area (Å²) in [7, 11) is 1.96. The highest BCUT2D eigenvalue weighted by Gasteiger charge is 2.27. The van der Waals surface area contributed by atoms with Gasteiger partial charge < -0.3 is 10.2 Å². The summed E-state index contributed by atoms with van der Waals surface area (Å²) in [4.78, 5) is 43.3. The molecule has 2 amide bonds. The fraction of sp³-hybridized carbons (Fsp3) is 0.160. The predicted octanol–water partition coefficient (Wildman–Crippen LogP) is 3.76. The Balaban J connectivity index is 1.47. The standard InChI is InChI=1S/C25H22N6O2/c1-30-14-5-15-31(23-22(30)28-20-8-2-3-9-21(20)29-23)25(33)18-6-4-7-19(16-18)27-24(32)17-10-12-26-13-11-17/h2-4,6-13,16H,5,14-15H2,1H3,(H,27,32). The smallest absolute Gasteiger partial charge is 0.259 e. The maximum absolute atomic E-state index is 13.6. The van der Waals surface area contributed by atoms with Gasteiger partial charge in [0.1, 0.15) is 0 Å². The molecule has 4 aromatic rings. The minimum absolute atomic E-state index is 0.184. The van der Waals surface area contributed by atoms with Crippen molar-refractivity contribution in [3.63, 3.8) is 0 Å². The van der Waals surface area contributed by atoms with Gasteiger partial charge in [0.2, 0.25) is 0 Å². The number of nitrogens with zero attached hydrogens (tertiary/aromatic N) is 5. The number of carbonyl (C=O) groups is 2. The van der Waals surface area contributed by atoms with Crippen molar-refractivity contribution in [1.82, 2.24) is 15.0 Å². The summed E-state index contributed by atoms with van der Waals surface area (Å²) in [6, 6.07) is 17.9. The second-order valence-electron chi connectivity index (χ2n) is 7.86. The lowest BCUT2D eigenvalue weighted by Crippen LogP contribution is -2.32. The third kappa shape index (κ3) is 4.10. The molecular formula is C25H22N6O2. The lowest BCUT2D eigenvalue weighted by Gasteiger charge is -2.23. The number of para-hydroxylation sites is 2. The van der Waals surface area contributed by atoms with E-state index in [-0.39, 0.29) is 11.8 Å². The van der Waals surface area contributed by atoms with Gasteiger partial charge in [0.15, 0.2) is 11.6 Å². The van der Waals surface area contributed by atoms with E-state index in [4.69, 9.17) is 9.97 Å². The highest BCUT2D eigenvalue weighted by atomic mass is 16.2. The zero-order valence-electron chi connectivity index (χ0n) is 18.1. The van der Waals surface area contributed by atoms with Crippen molar-refractivity contribution in [2.45, 2.75) is 6.42 Å². The molecule has 0 radical (unpaired) electrons. The SMILES string of the molecule is CN1CCCN(C(=O)c2cccc(NC(=O)c3ccncc3)c2)c2nc3ccccc3nc21. The Kier molecular flexibility index (Phi) is 5.40. The minimum Gasteiger partial charge on any atom is -0.357 e. The van der Waals surface area contributed by atoms with Crippen LogP contribution < -0.4 is 15.1 Å². The van der Waals surface area contributed by atoms with E-state index in [2.05, 4.69) is 10.3 Å². The van der Waals surface area contributed by atoms with Gasteiger partial charge in [-0.3, -0.25) is 19.5 Å². The van der Waals surface area contributed by atoms with E-state index in [1.54, 1.807) is 53.7 Å². The molecule has 0 aliphatic carbocycles. The lowest BCUT2D eigenvalue weighted by molar-refractivity contribution is 0.0984. The second-order valence-corrected chi connectivity index (χ2v) is 7.86. The molecule has 8 heteroatoms. The van der Waals surface area contributed by atoms with Crippen molar-refractivity contribution in [2.24, 2.45) is 0 Å². The molecule has 0 bridgehead atoms. The molecule has 2 aromatic heterocycles. The largest absolute Gasteiger partial charge is 0.357 e. The zero-order valence-corrected chi connectivity index (χ0v) is 18.1. The second kappa shape index (κ2) is 8.66. The number of anilines is 3. The van der Waals surface area contributed by atoms with Crippen molar-refractivity contribution in [1.29, 1.82) is 0 Å². The Bertz CT molecular complexity index is 1340. The van der Waals surface area contributed by atoms with E-state index >= 15 is 0 Å².